The van der Waals surface area contributed by atoms with Crippen LogP contribution in [0.15, 0.2) is 12.2 Å². The molecule has 21 heavy (non-hydrogen) atoms. The number of alkyl carbamates (subject to hydrolysis) is 1. The summed E-state index contributed by atoms with van der Waals surface area (Å²) in [5.74, 6) is -0.452. The van der Waals surface area contributed by atoms with E-state index in [1.54, 1.807) is 20.8 Å². The smallest absolute Gasteiger partial charge is 0.408 e. The third kappa shape index (κ3) is 7.31. The van der Waals surface area contributed by atoms with E-state index in [1.807, 2.05) is 19.1 Å². The number of rotatable bonds is 5. The molecular formula is C15H29NO4Si. The molecule has 0 unspecified atom stereocenters. The molecule has 1 N–H and O–H groups in total. The van der Waals surface area contributed by atoms with Crippen LogP contribution in [-0.2, 0) is 14.3 Å². The minimum absolute atomic E-state index is 0.0672. The summed E-state index contributed by atoms with van der Waals surface area (Å²) in [4.78, 5) is 24.0. The molecule has 0 spiro atoms. The van der Waals surface area contributed by atoms with E-state index in [0.717, 1.165) is 0 Å². The molecule has 0 aliphatic rings. The maximum absolute atomic E-state index is 12.1. The average molecular weight is 315 g/mol. The van der Waals surface area contributed by atoms with Crippen LogP contribution in [-0.4, -0.2) is 38.9 Å². The molecule has 5 nitrogen and oxygen atoms in total. The molecule has 0 radical (unpaired) electrons. The van der Waals surface area contributed by atoms with E-state index in [2.05, 4.69) is 25.0 Å². The minimum atomic E-state index is -1.73. The summed E-state index contributed by atoms with van der Waals surface area (Å²) in [6.07, 6.45) is 3.26. The van der Waals surface area contributed by atoms with Crippen molar-refractivity contribution in [2.75, 3.05) is 7.11 Å². The third-order valence-electron chi connectivity index (χ3n) is 2.89. The number of carbonyl (C=O) groups excluding carboxylic acids is 2. The number of amides is 1. The fourth-order valence-corrected chi connectivity index (χ4v) is 3.95. The van der Waals surface area contributed by atoms with Crippen molar-refractivity contribution in [1.82, 2.24) is 5.32 Å². The quantitative estimate of drug-likeness (QED) is 0.480. The lowest BCUT2D eigenvalue weighted by Gasteiger charge is -2.33. The molecule has 1 amide bonds. The summed E-state index contributed by atoms with van der Waals surface area (Å²) in [6, 6.07) is -0.729. The van der Waals surface area contributed by atoms with Crippen LogP contribution < -0.4 is 5.32 Å². The Morgan fingerprint density at radius 1 is 1.19 bits per heavy atom. The summed E-state index contributed by atoms with van der Waals surface area (Å²) in [5.41, 5.74) is -0.678. The predicted octanol–water partition coefficient (Wildman–Crippen LogP) is 3.34. The van der Waals surface area contributed by atoms with Gasteiger partial charge in [-0.1, -0.05) is 31.8 Å². The molecule has 0 rings (SSSR count). The van der Waals surface area contributed by atoms with Crippen molar-refractivity contribution >= 4 is 20.1 Å². The topological polar surface area (TPSA) is 64.6 Å². The monoisotopic (exact) mass is 315 g/mol. The van der Waals surface area contributed by atoms with Crippen molar-refractivity contribution in [3.8, 4) is 0 Å². The Hall–Kier alpha value is -1.30. The van der Waals surface area contributed by atoms with Gasteiger partial charge in [0.15, 0.2) is 0 Å². The summed E-state index contributed by atoms with van der Waals surface area (Å²) in [6.45, 7) is 13.7. The number of nitrogens with one attached hydrogen (secondary N) is 1. The van der Waals surface area contributed by atoms with Crippen LogP contribution in [0.1, 0.15) is 27.7 Å². The van der Waals surface area contributed by atoms with Gasteiger partial charge < -0.3 is 14.8 Å². The van der Waals surface area contributed by atoms with E-state index in [-0.39, 0.29) is 5.54 Å². The number of carbonyl (C=O) groups is 2. The Morgan fingerprint density at radius 3 is 2.05 bits per heavy atom. The Bertz CT molecular complexity index is 393. The molecule has 0 bridgehead atoms. The molecule has 2 atom stereocenters. The van der Waals surface area contributed by atoms with Gasteiger partial charge in [0, 0.05) is 5.54 Å². The lowest BCUT2D eigenvalue weighted by atomic mass is 10.2. The van der Waals surface area contributed by atoms with Crippen molar-refractivity contribution in [3.63, 3.8) is 0 Å². The fourth-order valence-electron chi connectivity index (χ4n) is 1.96. The van der Waals surface area contributed by atoms with Crippen molar-refractivity contribution in [2.45, 2.75) is 64.5 Å². The van der Waals surface area contributed by atoms with E-state index in [1.165, 1.54) is 7.11 Å². The zero-order valence-corrected chi connectivity index (χ0v) is 15.4. The third-order valence-corrected chi connectivity index (χ3v) is 5.41. The Morgan fingerprint density at radius 2 is 1.71 bits per heavy atom. The first-order valence-corrected chi connectivity index (χ1v) is 10.7. The maximum Gasteiger partial charge on any atom is 0.408 e. The second-order valence-corrected chi connectivity index (χ2v) is 12.5. The molecule has 6 heteroatoms. The summed E-state index contributed by atoms with van der Waals surface area (Å²) in [7, 11) is -0.411. The zero-order chi connectivity index (χ0) is 16.8. The van der Waals surface area contributed by atoms with Crippen LogP contribution >= 0.6 is 0 Å². The average Bonchev–Trinajstić information content (AvgIpc) is 2.28. The fraction of sp³-hybridized carbons (Fsp3) is 0.733. The second-order valence-electron chi connectivity index (χ2n) is 7.06. The van der Waals surface area contributed by atoms with Gasteiger partial charge in [0.1, 0.15) is 11.6 Å². The molecule has 0 aliphatic carbocycles. The van der Waals surface area contributed by atoms with Crippen LogP contribution in [0.25, 0.3) is 0 Å². The standard InChI is InChI=1S/C15H29NO4Si/c1-9-10-11(21(6,7)8)12(13(17)19-5)16-14(18)20-15(2,3)4/h9-12H,1-8H3,(H,16,18)/b10-9+/t11-,12+/m0/s1. The number of allylic oxidation sites excluding steroid dienone is 1. The number of hydrogen-bond donors (Lipinski definition) is 1. The van der Waals surface area contributed by atoms with Gasteiger partial charge in [-0.25, -0.2) is 9.59 Å². The van der Waals surface area contributed by atoms with Crippen LogP contribution in [0, 0.1) is 0 Å². The molecule has 0 aliphatic heterocycles. The molecule has 0 saturated heterocycles. The Labute approximate surface area is 129 Å². The SMILES string of the molecule is C/C=C/[C@@H]([C@@H](NC(=O)OC(C)(C)C)C(=O)OC)[Si](C)(C)C. The highest BCUT2D eigenvalue weighted by Crippen LogP contribution is 2.28. The van der Waals surface area contributed by atoms with Gasteiger partial charge in [0.25, 0.3) is 0 Å². The van der Waals surface area contributed by atoms with E-state index >= 15 is 0 Å². The van der Waals surface area contributed by atoms with Gasteiger partial charge in [-0.3, -0.25) is 0 Å². The first-order chi connectivity index (χ1) is 9.42. The molecule has 0 heterocycles. The summed E-state index contributed by atoms with van der Waals surface area (Å²) >= 11 is 0. The normalized spacial score (nSPS) is 15.4. The zero-order valence-electron chi connectivity index (χ0n) is 14.4. The summed E-state index contributed by atoms with van der Waals surface area (Å²) < 4.78 is 10.1. The first-order valence-electron chi connectivity index (χ1n) is 7.12. The Kier molecular flexibility index (Phi) is 7.16. The van der Waals surface area contributed by atoms with Gasteiger partial charge in [-0.2, -0.15) is 0 Å². The molecule has 122 valence electrons. The maximum atomic E-state index is 12.1. The lowest BCUT2D eigenvalue weighted by molar-refractivity contribution is -0.143. The Balaban J connectivity index is 5.28. The highest BCUT2D eigenvalue weighted by Gasteiger charge is 2.38. The molecule has 0 aromatic heterocycles. The van der Waals surface area contributed by atoms with Crippen molar-refractivity contribution in [3.05, 3.63) is 12.2 Å². The van der Waals surface area contributed by atoms with E-state index in [4.69, 9.17) is 9.47 Å². The van der Waals surface area contributed by atoms with Crippen LogP contribution in [0.5, 0.6) is 0 Å². The number of hydrogen-bond acceptors (Lipinski definition) is 4. The highest BCUT2D eigenvalue weighted by molar-refractivity contribution is 6.78. The predicted molar refractivity (Wildman–Crippen MR) is 87.1 cm³/mol. The minimum Gasteiger partial charge on any atom is -0.467 e. The van der Waals surface area contributed by atoms with Crippen LogP contribution in [0.3, 0.4) is 0 Å². The first kappa shape index (κ1) is 19.7. The molecule has 0 saturated carbocycles. The second kappa shape index (κ2) is 7.63. The van der Waals surface area contributed by atoms with E-state index in [0.29, 0.717) is 0 Å². The van der Waals surface area contributed by atoms with Gasteiger partial charge in [-0.05, 0) is 27.7 Å². The number of methoxy groups -OCH3 is 1. The molecule has 0 fully saturated rings. The molecule has 0 aromatic carbocycles. The molecule has 0 aromatic rings. The van der Waals surface area contributed by atoms with Crippen molar-refractivity contribution < 1.29 is 19.1 Å². The van der Waals surface area contributed by atoms with Gasteiger partial charge in [0.2, 0.25) is 0 Å². The largest absolute Gasteiger partial charge is 0.467 e. The van der Waals surface area contributed by atoms with Gasteiger partial charge >= 0.3 is 12.1 Å². The van der Waals surface area contributed by atoms with Crippen molar-refractivity contribution in [1.29, 1.82) is 0 Å². The summed E-state index contributed by atoms with van der Waals surface area (Å²) in [5, 5.41) is 2.66. The molecular weight excluding hydrogens is 286 g/mol. The van der Waals surface area contributed by atoms with E-state index < -0.39 is 31.8 Å². The van der Waals surface area contributed by atoms with Gasteiger partial charge in [-0.15, -0.1) is 0 Å². The number of ether oxygens (including phenoxy) is 2. The van der Waals surface area contributed by atoms with Crippen LogP contribution in [0.4, 0.5) is 4.79 Å². The highest BCUT2D eigenvalue weighted by atomic mass is 28.3. The van der Waals surface area contributed by atoms with Gasteiger partial charge in [0.05, 0.1) is 15.2 Å². The lowest BCUT2D eigenvalue weighted by Crippen LogP contribution is -2.51. The van der Waals surface area contributed by atoms with E-state index in [9.17, 15) is 9.59 Å². The number of esters is 1. The van der Waals surface area contributed by atoms with Crippen LogP contribution in [0.2, 0.25) is 25.2 Å². The van der Waals surface area contributed by atoms with Crippen molar-refractivity contribution in [2.24, 2.45) is 0 Å².